The van der Waals surface area contributed by atoms with E-state index >= 15 is 0 Å². The van der Waals surface area contributed by atoms with E-state index in [4.69, 9.17) is 9.26 Å². The zero-order valence-corrected chi connectivity index (χ0v) is 15.5. The van der Waals surface area contributed by atoms with Crippen LogP contribution in [0.25, 0.3) is 0 Å². The van der Waals surface area contributed by atoms with Gasteiger partial charge in [0.05, 0.1) is 13.2 Å². The smallest absolute Gasteiger partial charge is 0.249 e. The Hall–Kier alpha value is -1.96. The summed E-state index contributed by atoms with van der Waals surface area (Å²) in [5.41, 5.74) is 0. The molecule has 0 aromatic carbocycles. The summed E-state index contributed by atoms with van der Waals surface area (Å²) in [6.45, 7) is 2.02. The van der Waals surface area contributed by atoms with Crippen molar-refractivity contribution in [2.24, 2.45) is 0 Å². The standard InChI is InChI=1S/C18H28N4O4/c1-25-12-9-15-19-18(26-20-15)14-7-4-6-11-22(14)17(24)13-21-10-5-2-3-8-16(21)23/h14H,2-13H2,1H3/t14-/m1/s1. The molecule has 1 atom stereocenters. The van der Waals surface area contributed by atoms with Crippen LogP contribution in [0.15, 0.2) is 4.52 Å². The highest BCUT2D eigenvalue weighted by molar-refractivity contribution is 5.85. The van der Waals surface area contributed by atoms with Gasteiger partial charge in [-0.2, -0.15) is 4.98 Å². The summed E-state index contributed by atoms with van der Waals surface area (Å²) in [6.07, 6.45) is 6.86. The molecular formula is C18H28N4O4. The zero-order chi connectivity index (χ0) is 18.4. The molecule has 3 rings (SSSR count). The number of hydrogen-bond acceptors (Lipinski definition) is 6. The van der Waals surface area contributed by atoms with Crippen LogP contribution < -0.4 is 0 Å². The van der Waals surface area contributed by atoms with Crippen LogP contribution in [0.4, 0.5) is 0 Å². The normalized spacial score (nSPS) is 21.7. The number of hydrogen-bond donors (Lipinski definition) is 0. The Labute approximate surface area is 153 Å². The molecule has 2 aliphatic rings. The van der Waals surface area contributed by atoms with Gasteiger partial charge >= 0.3 is 0 Å². The van der Waals surface area contributed by atoms with Crippen molar-refractivity contribution >= 4 is 11.8 Å². The number of rotatable bonds is 6. The van der Waals surface area contributed by atoms with Gasteiger partial charge < -0.3 is 19.1 Å². The zero-order valence-electron chi connectivity index (χ0n) is 15.5. The third-order valence-corrected chi connectivity index (χ3v) is 5.12. The van der Waals surface area contributed by atoms with E-state index in [-0.39, 0.29) is 24.4 Å². The Morgan fingerprint density at radius 3 is 2.92 bits per heavy atom. The van der Waals surface area contributed by atoms with Crippen molar-refractivity contribution in [1.82, 2.24) is 19.9 Å². The van der Waals surface area contributed by atoms with Crippen LogP contribution >= 0.6 is 0 Å². The third kappa shape index (κ3) is 4.60. The highest BCUT2D eigenvalue weighted by atomic mass is 16.5. The number of ether oxygens (including phenoxy) is 1. The molecule has 8 heteroatoms. The summed E-state index contributed by atoms with van der Waals surface area (Å²) in [5, 5.41) is 3.99. The van der Waals surface area contributed by atoms with Crippen LogP contribution in [-0.2, 0) is 20.7 Å². The lowest BCUT2D eigenvalue weighted by atomic mass is 10.0. The first-order valence-electron chi connectivity index (χ1n) is 9.57. The molecule has 2 aliphatic heterocycles. The van der Waals surface area contributed by atoms with Crippen molar-refractivity contribution in [3.8, 4) is 0 Å². The van der Waals surface area contributed by atoms with E-state index in [9.17, 15) is 9.59 Å². The number of nitrogens with zero attached hydrogens (tertiary/aromatic N) is 4. The quantitative estimate of drug-likeness (QED) is 0.763. The second kappa shape index (κ2) is 9.12. The average molecular weight is 364 g/mol. The molecule has 0 spiro atoms. The molecule has 0 radical (unpaired) electrons. The molecule has 8 nitrogen and oxygen atoms in total. The van der Waals surface area contributed by atoms with Gasteiger partial charge in [-0.1, -0.05) is 11.6 Å². The van der Waals surface area contributed by atoms with Crippen LogP contribution in [-0.4, -0.2) is 65.1 Å². The molecule has 2 saturated heterocycles. The molecule has 0 aliphatic carbocycles. The fourth-order valence-corrected chi connectivity index (χ4v) is 3.64. The van der Waals surface area contributed by atoms with Gasteiger partial charge in [0.1, 0.15) is 6.04 Å². The first-order valence-corrected chi connectivity index (χ1v) is 9.57. The van der Waals surface area contributed by atoms with E-state index in [0.717, 1.165) is 38.5 Å². The Bertz CT molecular complexity index is 618. The van der Waals surface area contributed by atoms with Crippen LogP contribution in [0.3, 0.4) is 0 Å². The number of piperidine rings is 1. The van der Waals surface area contributed by atoms with Crippen molar-refractivity contribution in [3.63, 3.8) is 0 Å². The number of amides is 2. The summed E-state index contributed by atoms with van der Waals surface area (Å²) in [6, 6.07) is -0.192. The second-order valence-corrected chi connectivity index (χ2v) is 7.02. The first kappa shape index (κ1) is 18.8. The number of carbonyl (C=O) groups is 2. The van der Waals surface area contributed by atoms with Crippen molar-refractivity contribution in [1.29, 1.82) is 0 Å². The fraction of sp³-hybridized carbons (Fsp3) is 0.778. The molecular weight excluding hydrogens is 336 g/mol. The summed E-state index contributed by atoms with van der Waals surface area (Å²) < 4.78 is 10.5. The molecule has 0 unspecified atom stereocenters. The van der Waals surface area contributed by atoms with Crippen LogP contribution in [0.2, 0.25) is 0 Å². The van der Waals surface area contributed by atoms with E-state index in [2.05, 4.69) is 10.1 Å². The van der Waals surface area contributed by atoms with Crippen LogP contribution in [0, 0.1) is 0 Å². The lowest BCUT2D eigenvalue weighted by molar-refractivity contribution is -0.143. The van der Waals surface area contributed by atoms with Gasteiger partial charge in [-0.05, 0) is 32.1 Å². The predicted octanol–water partition coefficient (Wildman–Crippen LogP) is 1.71. The van der Waals surface area contributed by atoms with Gasteiger partial charge in [-0.3, -0.25) is 9.59 Å². The predicted molar refractivity (Wildman–Crippen MR) is 93.2 cm³/mol. The second-order valence-electron chi connectivity index (χ2n) is 7.02. The minimum absolute atomic E-state index is 0.0263. The molecule has 144 valence electrons. The van der Waals surface area contributed by atoms with E-state index < -0.39 is 0 Å². The van der Waals surface area contributed by atoms with E-state index in [0.29, 0.717) is 44.3 Å². The maximum Gasteiger partial charge on any atom is 0.249 e. The number of likely N-dealkylation sites (tertiary alicyclic amines) is 2. The lowest BCUT2D eigenvalue weighted by Crippen LogP contribution is -2.46. The van der Waals surface area contributed by atoms with Crippen molar-refractivity contribution in [2.45, 2.75) is 57.4 Å². The van der Waals surface area contributed by atoms with Gasteiger partial charge in [-0.25, -0.2) is 0 Å². The lowest BCUT2D eigenvalue weighted by Gasteiger charge is -2.35. The molecule has 0 saturated carbocycles. The average Bonchev–Trinajstić information content (AvgIpc) is 3.04. The SMILES string of the molecule is COCCc1noc([C@H]2CCCCN2C(=O)CN2CCCCCC2=O)n1. The molecule has 2 fully saturated rings. The van der Waals surface area contributed by atoms with Gasteiger partial charge in [0, 0.05) is 33.0 Å². The topological polar surface area (TPSA) is 88.8 Å². The number of aromatic nitrogens is 2. The van der Waals surface area contributed by atoms with Crippen molar-refractivity contribution in [3.05, 3.63) is 11.7 Å². The van der Waals surface area contributed by atoms with Gasteiger partial charge in [0.15, 0.2) is 5.82 Å². The Morgan fingerprint density at radius 2 is 2.08 bits per heavy atom. The van der Waals surface area contributed by atoms with E-state index in [1.54, 1.807) is 12.0 Å². The maximum absolute atomic E-state index is 12.9. The molecule has 2 amide bonds. The number of carbonyl (C=O) groups excluding carboxylic acids is 2. The minimum atomic E-state index is -0.192. The van der Waals surface area contributed by atoms with E-state index in [1.165, 1.54) is 0 Å². The fourth-order valence-electron chi connectivity index (χ4n) is 3.64. The third-order valence-electron chi connectivity index (χ3n) is 5.12. The molecule has 1 aromatic heterocycles. The maximum atomic E-state index is 12.9. The minimum Gasteiger partial charge on any atom is -0.384 e. The Kier molecular flexibility index (Phi) is 6.60. The largest absolute Gasteiger partial charge is 0.384 e. The van der Waals surface area contributed by atoms with Gasteiger partial charge in [0.25, 0.3) is 0 Å². The molecule has 1 aromatic rings. The first-order chi connectivity index (χ1) is 12.7. The molecule has 0 bridgehead atoms. The summed E-state index contributed by atoms with van der Waals surface area (Å²) in [5.74, 6) is 1.15. The summed E-state index contributed by atoms with van der Waals surface area (Å²) in [4.78, 5) is 33.1. The summed E-state index contributed by atoms with van der Waals surface area (Å²) >= 11 is 0. The Morgan fingerprint density at radius 1 is 1.23 bits per heavy atom. The monoisotopic (exact) mass is 364 g/mol. The number of methoxy groups -OCH3 is 1. The molecule has 0 N–H and O–H groups in total. The van der Waals surface area contributed by atoms with E-state index in [1.807, 2.05) is 4.90 Å². The van der Waals surface area contributed by atoms with Gasteiger partial charge in [-0.15, -0.1) is 0 Å². The highest BCUT2D eigenvalue weighted by Crippen LogP contribution is 2.30. The molecule has 26 heavy (non-hydrogen) atoms. The van der Waals surface area contributed by atoms with Gasteiger partial charge in [0.2, 0.25) is 17.7 Å². The van der Waals surface area contributed by atoms with Crippen molar-refractivity contribution in [2.75, 3.05) is 33.4 Å². The van der Waals surface area contributed by atoms with Crippen molar-refractivity contribution < 1.29 is 18.8 Å². The highest BCUT2D eigenvalue weighted by Gasteiger charge is 2.33. The Balaban J connectivity index is 1.66. The van der Waals surface area contributed by atoms with Crippen LogP contribution in [0.5, 0.6) is 0 Å². The van der Waals surface area contributed by atoms with Crippen LogP contribution in [0.1, 0.15) is 62.7 Å². The molecule has 3 heterocycles. The summed E-state index contributed by atoms with van der Waals surface area (Å²) in [7, 11) is 1.63.